The molecule has 1 aliphatic rings. The Labute approximate surface area is 128 Å². The Morgan fingerprint density at radius 1 is 1.42 bits per heavy atom. The second kappa shape index (κ2) is 7.15. The van der Waals surface area contributed by atoms with Crippen LogP contribution in [0.1, 0.15) is 37.7 Å². The Bertz CT molecular complexity index is 459. The van der Waals surface area contributed by atoms with Crippen LogP contribution >= 0.6 is 28.3 Å². The highest BCUT2D eigenvalue weighted by atomic mass is 79.9. The predicted molar refractivity (Wildman–Crippen MR) is 85.7 cm³/mol. The van der Waals surface area contributed by atoms with Crippen LogP contribution in [-0.2, 0) is 4.79 Å². The van der Waals surface area contributed by atoms with Gasteiger partial charge in [0.05, 0.1) is 11.4 Å². The third kappa shape index (κ3) is 4.39. The highest BCUT2D eigenvalue weighted by Crippen LogP contribution is 2.30. The average molecular weight is 348 g/mol. The van der Waals surface area contributed by atoms with Crippen molar-refractivity contribution in [1.82, 2.24) is 0 Å². The summed E-state index contributed by atoms with van der Waals surface area (Å²) in [6.45, 7) is 1.94. The normalized spacial score (nSPS) is 15.1. The van der Waals surface area contributed by atoms with E-state index in [-0.39, 0.29) is 18.3 Å². The Kier molecular flexibility index (Phi) is 6.14. The van der Waals surface area contributed by atoms with Gasteiger partial charge >= 0.3 is 0 Å². The Balaban J connectivity index is 0.00000180. The van der Waals surface area contributed by atoms with Crippen molar-refractivity contribution in [2.24, 2.45) is 5.92 Å². The van der Waals surface area contributed by atoms with E-state index in [1.807, 2.05) is 19.1 Å². The molecule has 0 spiro atoms. The monoisotopic (exact) mass is 346 g/mol. The zero-order valence-electron chi connectivity index (χ0n) is 11.0. The molecule has 0 radical (unpaired) electrons. The molecule has 0 aliphatic heterocycles. The lowest BCUT2D eigenvalue weighted by Gasteiger charge is -2.13. The second-order valence-electron chi connectivity index (χ2n) is 5.09. The van der Waals surface area contributed by atoms with E-state index in [2.05, 4.69) is 21.2 Å². The number of carbonyl (C=O) groups is 1. The number of amides is 1. The number of anilines is 2. The van der Waals surface area contributed by atoms with Crippen molar-refractivity contribution in [3.05, 3.63) is 22.2 Å². The third-order valence-electron chi connectivity index (χ3n) is 3.57. The molecule has 19 heavy (non-hydrogen) atoms. The van der Waals surface area contributed by atoms with Crippen molar-refractivity contribution in [3.63, 3.8) is 0 Å². The van der Waals surface area contributed by atoms with E-state index in [0.717, 1.165) is 10.0 Å². The van der Waals surface area contributed by atoms with Crippen molar-refractivity contribution >= 4 is 45.6 Å². The fourth-order valence-electron chi connectivity index (χ4n) is 2.54. The minimum Gasteiger partial charge on any atom is -0.397 e. The van der Waals surface area contributed by atoms with E-state index in [1.54, 1.807) is 0 Å². The van der Waals surface area contributed by atoms with Gasteiger partial charge in [-0.3, -0.25) is 4.79 Å². The van der Waals surface area contributed by atoms with Crippen LogP contribution in [0.5, 0.6) is 0 Å². The summed E-state index contributed by atoms with van der Waals surface area (Å²) >= 11 is 3.42. The van der Waals surface area contributed by atoms with Gasteiger partial charge in [0.15, 0.2) is 0 Å². The number of hydrogen-bond acceptors (Lipinski definition) is 2. The zero-order valence-corrected chi connectivity index (χ0v) is 13.4. The van der Waals surface area contributed by atoms with Gasteiger partial charge in [-0.2, -0.15) is 0 Å². The fourth-order valence-corrected chi connectivity index (χ4v) is 3.11. The van der Waals surface area contributed by atoms with Crippen LogP contribution < -0.4 is 11.1 Å². The van der Waals surface area contributed by atoms with Crippen LogP contribution in [0.25, 0.3) is 0 Å². The van der Waals surface area contributed by atoms with Gasteiger partial charge in [-0.05, 0) is 43.4 Å². The van der Waals surface area contributed by atoms with Crippen LogP contribution in [-0.4, -0.2) is 5.91 Å². The highest BCUT2D eigenvalue weighted by Gasteiger charge is 2.19. The minimum absolute atomic E-state index is 0. The van der Waals surface area contributed by atoms with Gasteiger partial charge in [-0.15, -0.1) is 12.4 Å². The SMILES string of the molecule is Cc1cc(Br)cc(NC(=O)CC2CCCC2)c1N.Cl. The van der Waals surface area contributed by atoms with Gasteiger partial charge in [-0.1, -0.05) is 28.8 Å². The molecule has 3 N–H and O–H groups in total. The van der Waals surface area contributed by atoms with E-state index in [9.17, 15) is 4.79 Å². The summed E-state index contributed by atoms with van der Waals surface area (Å²) < 4.78 is 0.936. The van der Waals surface area contributed by atoms with Crippen LogP contribution in [0, 0.1) is 12.8 Å². The van der Waals surface area contributed by atoms with E-state index >= 15 is 0 Å². The number of carbonyl (C=O) groups excluding carboxylic acids is 1. The first-order valence-corrected chi connectivity index (χ1v) is 7.21. The molecule has 0 unspecified atom stereocenters. The first kappa shape index (κ1) is 16.3. The maximum atomic E-state index is 12.0. The molecule has 1 amide bonds. The molecule has 0 saturated heterocycles. The summed E-state index contributed by atoms with van der Waals surface area (Å²) in [5.74, 6) is 0.630. The van der Waals surface area contributed by atoms with Gasteiger partial charge in [-0.25, -0.2) is 0 Å². The molecule has 1 aromatic carbocycles. The Hall–Kier alpha value is -0.740. The van der Waals surface area contributed by atoms with Crippen LogP contribution in [0.3, 0.4) is 0 Å². The summed E-state index contributed by atoms with van der Waals surface area (Å²) in [5.41, 5.74) is 8.31. The average Bonchev–Trinajstić information content (AvgIpc) is 2.77. The summed E-state index contributed by atoms with van der Waals surface area (Å²) in [6, 6.07) is 3.80. The number of nitrogens with one attached hydrogen (secondary N) is 1. The van der Waals surface area contributed by atoms with Crippen molar-refractivity contribution in [1.29, 1.82) is 0 Å². The molecule has 1 aliphatic carbocycles. The molecule has 1 saturated carbocycles. The maximum Gasteiger partial charge on any atom is 0.224 e. The highest BCUT2D eigenvalue weighted by molar-refractivity contribution is 9.10. The van der Waals surface area contributed by atoms with Crippen molar-refractivity contribution < 1.29 is 4.79 Å². The topological polar surface area (TPSA) is 55.1 Å². The summed E-state index contributed by atoms with van der Waals surface area (Å²) in [6.07, 6.45) is 5.50. The van der Waals surface area contributed by atoms with Gasteiger partial charge < -0.3 is 11.1 Å². The van der Waals surface area contributed by atoms with Gasteiger partial charge in [0.25, 0.3) is 0 Å². The van der Waals surface area contributed by atoms with Crippen molar-refractivity contribution in [3.8, 4) is 0 Å². The second-order valence-corrected chi connectivity index (χ2v) is 6.00. The lowest BCUT2D eigenvalue weighted by molar-refractivity contribution is -0.117. The minimum atomic E-state index is 0. The molecule has 0 aromatic heterocycles. The van der Waals surface area contributed by atoms with Crippen molar-refractivity contribution in [2.45, 2.75) is 39.0 Å². The predicted octanol–water partition coefficient (Wildman–Crippen LogP) is 4.28. The standard InChI is InChI=1S/C14H19BrN2O.ClH/c1-9-6-11(15)8-12(14(9)16)17-13(18)7-10-4-2-3-5-10;/h6,8,10H,2-5,7,16H2,1H3,(H,17,18);1H. The number of aryl methyl sites for hydroxylation is 1. The van der Waals surface area contributed by atoms with Crippen LogP contribution in [0.2, 0.25) is 0 Å². The largest absolute Gasteiger partial charge is 0.397 e. The van der Waals surface area contributed by atoms with E-state index in [4.69, 9.17) is 5.73 Å². The molecule has 3 nitrogen and oxygen atoms in total. The van der Waals surface area contributed by atoms with E-state index in [0.29, 0.717) is 23.7 Å². The molecule has 0 heterocycles. The number of nitrogen functional groups attached to an aromatic ring is 1. The molecular weight excluding hydrogens is 328 g/mol. The molecule has 0 bridgehead atoms. The van der Waals surface area contributed by atoms with Crippen molar-refractivity contribution in [2.75, 3.05) is 11.1 Å². The summed E-state index contributed by atoms with van der Waals surface area (Å²) in [5, 5.41) is 2.92. The van der Waals surface area contributed by atoms with E-state index in [1.165, 1.54) is 25.7 Å². The van der Waals surface area contributed by atoms with Gasteiger partial charge in [0.1, 0.15) is 0 Å². The molecule has 1 aromatic rings. The van der Waals surface area contributed by atoms with E-state index < -0.39 is 0 Å². The number of rotatable bonds is 3. The maximum absolute atomic E-state index is 12.0. The summed E-state index contributed by atoms with van der Waals surface area (Å²) in [4.78, 5) is 12.0. The number of benzene rings is 1. The molecule has 1 fully saturated rings. The Morgan fingerprint density at radius 2 is 2.05 bits per heavy atom. The third-order valence-corrected chi connectivity index (χ3v) is 4.03. The molecule has 2 rings (SSSR count). The molecule has 106 valence electrons. The lowest BCUT2D eigenvalue weighted by Crippen LogP contribution is -2.16. The number of nitrogens with two attached hydrogens (primary N) is 1. The van der Waals surface area contributed by atoms with Crippen LogP contribution in [0.4, 0.5) is 11.4 Å². The number of halogens is 2. The zero-order chi connectivity index (χ0) is 13.1. The molecule has 5 heteroatoms. The quantitative estimate of drug-likeness (QED) is 0.802. The first-order valence-electron chi connectivity index (χ1n) is 6.41. The lowest BCUT2D eigenvalue weighted by atomic mass is 10.0. The molecular formula is C14H20BrClN2O. The van der Waals surface area contributed by atoms with Crippen LogP contribution in [0.15, 0.2) is 16.6 Å². The van der Waals surface area contributed by atoms with Gasteiger partial charge in [0.2, 0.25) is 5.91 Å². The summed E-state index contributed by atoms with van der Waals surface area (Å²) in [7, 11) is 0. The van der Waals surface area contributed by atoms with Gasteiger partial charge in [0, 0.05) is 10.9 Å². The Morgan fingerprint density at radius 3 is 2.68 bits per heavy atom. The first-order chi connectivity index (χ1) is 8.56. The fraction of sp³-hybridized carbons (Fsp3) is 0.500. The number of hydrogen-bond donors (Lipinski definition) is 2. The molecule has 0 atom stereocenters. The smallest absolute Gasteiger partial charge is 0.224 e.